The summed E-state index contributed by atoms with van der Waals surface area (Å²) in [4.78, 5) is 0. The van der Waals surface area contributed by atoms with Crippen LogP contribution in [0.5, 0.6) is 0 Å². The molecule has 0 aliphatic heterocycles. The molecule has 1 saturated carbocycles. The Morgan fingerprint density at radius 3 is 2.50 bits per heavy atom. The SMILES string of the molecule is CC(C)CNCC(COCC1CC1)c1ccc(Br)cc1. The summed E-state index contributed by atoms with van der Waals surface area (Å²) in [6, 6.07) is 8.63. The van der Waals surface area contributed by atoms with E-state index in [1.807, 2.05) is 0 Å². The van der Waals surface area contributed by atoms with Crippen molar-refractivity contribution in [2.75, 3.05) is 26.3 Å². The maximum atomic E-state index is 5.91. The molecule has 1 aliphatic carbocycles. The second kappa shape index (κ2) is 8.16. The molecular formula is C17H26BrNO. The van der Waals surface area contributed by atoms with Gasteiger partial charge in [0.15, 0.2) is 0 Å². The van der Waals surface area contributed by atoms with Crippen molar-refractivity contribution in [3.05, 3.63) is 34.3 Å². The molecule has 1 N–H and O–H groups in total. The zero-order valence-electron chi connectivity index (χ0n) is 12.6. The lowest BCUT2D eigenvalue weighted by Crippen LogP contribution is -2.28. The van der Waals surface area contributed by atoms with Gasteiger partial charge in [-0.15, -0.1) is 0 Å². The highest BCUT2D eigenvalue weighted by Gasteiger charge is 2.22. The topological polar surface area (TPSA) is 21.3 Å². The lowest BCUT2D eigenvalue weighted by Gasteiger charge is -2.19. The van der Waals surface area contributed by atoms with Gasteiger partial charge in [0.05, 0.1) is 6.61 Å². The van der Waals surface area contributed by atoms with E-state index in [9.17, 15) is 0 Å². The summed E-state index contributed by atoms with van der Waals surface area (Å²) < 4.78 is 7.04. The van der Waals surface area contributed by atoms with Crippen LogP contribution < -0.4 is 5.32 Å². The van der Waals surface area contributed by atoms with E-state index in [1.54, 1.807) is 0 Å². The molecule has 2 nitrogen and oxygen atoms in total. The van der Waals surface area contributed by atoms with Crippen molar-refractivity contribution in [3.63, 3.8) is 0 Å². The Bertz CT molecular complexity index is 378. The van der Waals surface area contributed by atoms with E-state index < -0.39 is 0 Å². The van der Waals surface area contributed by atoms with Crippen molar-refractivity contribution in [2.45, 2.75) is 32.6 Å². The smallest absolute Gasteiger partial charge is 0.0547 e. The first kappa shape index (κ1) is 16.0. The molecule has 3 heteroatoms. The molecule has 112 valence electrons. The molecule has 1 aliphatic rings. The van der Waals surface area contributed by atoms with Gasteiger partial charge in [-0.3, -0.25) is 0 Å². The zero-order chi connectivity index (χ0) is 14.4. The fraction of sp³-hybridized carbons (Fsp3) is 0.647. The minimum Gasteiger partial charge on any atom is -0.380 e. The Morgan fingerprint density at radius 1 is 1.20 bits per heavy atom. The summed E-state index contributed by atoms with van der Waals surface area (Å²) in [7, 11) is 0. The van der Waals surface area contributed by atoms with Crippen LogP contribution in [0.15, 0.2) is 28.7 Å². The first-order chi connectivity index (χ1) is 9.65. The fourth-order valence-corrected chi connectivity index (χ4v) is 2.48. The molecule has 0 aromatic heterocycles. The molecule has 1 unspecified atom stereocenters. The van der Waals surface area contributed by atoms with Crippen LogP contribution in [0.2, 0.25) is 0 Å². The highest BCUT2D eigenvalue weighted by molar-refractivity contribution is 9.10. The number of rotatable bonds is 9. The average Bonchev–Trinajstić information content (AvgIpc) is 3.22. The van der Waals surface area contributed by atoms with Gasteiger partial charge in [-0.1, -0.05) is 41.9 Å². The molecular weight excluding hydrogens is 314 g/mol. The van der Waals surface area contributed by atoms with Gasteiger partial charge < -0.3 is 10.1 Å². The Labute approximate surface area is 131 Å². The maximum Gasteiger partial charge on any atom is 0.0547 e. The van der Waals surface area contributed by atoms with Crippen LogP contribution in [0.4, 0.5) is 0 Å². The van der Waals surface area contributed by atoms with E-state index in [1.165, 1.54) is 18.4 Å². The third-order valence-electron chi connectivity index (χ3n) is 3.65. The highest BCUT2D eigenvalue weighted by atomic mass is 79.9. The standard InChI is InChI=1S/C17H26BrNO/c1-13(2)9-19-10-16(12-20-11-14-3-4-14)15-5-7-17(18)8-6-15/h5-8,13-14,16,19H,3-4,9-12H2,1-2H3. The molecule has 0 saturated heterocycles. The quantitative estimate of drug-likeness (QED) is 0.727. The molecule has 0 spiro atoms. The van der Waals surface area contributed by atoms with Crippen molar-refractivity contribution in [1.29, 1.82) is 0 Å². The van der Waals surface area contributed by atoms with Gasteiger partial charge >= 0.3 is 0 Å². The van der Waals surface area contributed by atoms with Crippen molar-refractivity contribution >= 4 is 15.9 Å². The van der Waals surface area contributed by atoms with Crippen LogP contribution >= 0.6 is 15.9 Å². The number of benzene rings is 1. The van der Waals surface area contributed by atoms with Gasteiger partial charge in [-0.25, -0.2) is 0 Å². The number of hydrogen-bond donors (Lipinski definition) is 1. The van der Waals surface area contributed by atoms with E-state index in [0.717, 1.165) is 36.7 Å². The van der Waals surface area contributed by atoms with Crippen LogP contribution in [0.3, 0.4) is 0 Å². The summed E-state index contributed by atoms with van der Waals surface area (Å²) in [5, 5.41) is 3.56. The van der Waals surface area contributed by atoms with E-state index in [4.69, 9.17) is 4.74 Å². The van der Waals surface area contributed by atoms with Crippen LogP contribution in [0, 0.1) is 11.8 Å². The molecule has 20 heavy (non-hydrogen) atoms. The van der Waals surface area contributed by atoms with Crippen LogP contribution in [0.25, 0.3) is 0 Å². The largest absolute Gasteiger partial charge is 0.380 e. The zero-order valence-corrected chi connectivity index (χ0v) is 14.2. The molecule has 0 bridgehead atoms. The highest BCUT2D eigenvalue weighted by Crippen LogP contribution is 2.29. The maximum absolute atomic E-state index is 5.91. The van der Waals surface area contributed by atoms with Crippen LogP contribution in [-0.4, -0.2) is 26.3 Å². The fourth-order valence-electron chi connectivity index (χ4n) is 2.22. The summed E-state index contributed by atoms with van der Waals surface area (Å²) in [6.45, 7) is 8.30. The Kier molecular flexibility index (Phi) is 6.53. The molecule has 0 amide bonds. The van der Waals surface area contributed by atoms with Crippen molar-refractivity contribution < 1.29 is 4.74 Å². The summed E-state index contributed by atoms with van der Waals surface area (Å²) in [6.07, 6.45) is 2.71. The van der Waals surface area contributed by atoms with Gasteiger partial charge in [0.25, 0.3) is 0 Å². The predicted molar refractivity (Wildman–Crippen MR) is 88.1 cm³/mol. The Morgan fingerprint density at radius 2 is 1.90 bits per heavy atom. The second-order valence-corrected chi connectivity index (χ2v) is 7.20. The van der Waals surface area contributed by atoms with Gasteiger partial charge in [0.2, 0.25) is 0 Å². The van der Waals surface area contributed by atoms with E-state index in [0.29, 0.717) is 11.8 Å². The van der Waals surface area contributed by atoms with Gasteiger partial charge in [0, 0.05) is 23.5 Å². The normalized spacial score (nSPS) is 16.6. The minimum absolute atomic E-state index is 0.445. The molecule has 0 radical (unpaired) electrons. The average molecular weight is 340 g/mol. The number of ether oxygens (including phenoxy) is 1. The van der Waals surface area contributed by atoms with Crippen LogP contribution in [-0.2, 0) is 4.74 Å². The molecule has 0 heterocycles. The summed E-state index contributed by atoms with van der Waals surface area (Å²) in [5.41, 5.74) is 1.36. The number of hydrogen-bond acceptors (Lipinski definition) is 2. The lowest BCUT2D eigenvalue weighted by atomic mass is 10.00. The first-order valence-corrected chi connectivity index (χ1v) is 8.48. The third-order valence-corrected chi connectivity index (χ3v) is 4.18. The Hall–Kier alpha value is -0.380. The van der Waals surface area contributed by atoms with Crippen molar-refractivity contribution in [1.82, 2.24) is 5.32 Å². The predicted octanol–water partition coefficient (Wildman–Crippen LogP) is 4.20. The van der Waals surface area contributed by atoms with E-state index >= 15 is 0 Å². The van der Waals surface area contributed by atoms with Crippen LogP contribution in [0.1, 0.15) is 38.2 Å². The molecule has 1 fully saturated rings. The third kappa shape index (κ3) is 5.94. The van der Waals surface area contributed by atoms with Crippen molar-refractivity contribution in [2.24, 2.45) is 11.8 Å². The van der Waals surface area contributed by atoms with E-state index in [2.05, 4.69) is 59.4 Å². The van der Waals surface area contributed by atoms with Gasteiger partial charge in [0.1, 0.15) is 0 Å². The molecule has 2 rings (SSSR count). The van der Waals surface area contributed by atoms with E-state index in [-0.39, 0.29) is 0 Å². The molecule has 1 atom stereocenters. The lowest BCUT2D eigenvalue weighted by molar-refractivity contribution is 0.110. The minimum atomic E-state index is 0.445. The first-order valence-electron chi connectivity index (χ1n) is 7.69. The van der Waals surface area contributed by atoms with Gasteiger partial charge in [-0.05, 0) is 48.9 Å². The number of nitrogens with one attached hydrogen (secondary N) is 1. The summed E-state index contributed by atoms with van der Waals surface area (Å²) >= 11 is 3.50. The second-order valence-electron chi connectivity index (χ2n) is 6.28. The Balaban J connectivity index is 1.85. The van der Waals surface area contributed by atoms with Gasteiger partial charge in [-0.2, -0.15) is 0 Å². The number of halogens is 1. The molecule has 1 aromatic rings. The van der Waals surface area contributed by atoms with Crippen molar-refractivity contribution in [3.8, 4) is 0 Å². The molecule has 1 aromatic carbocycles. The monoisotopic (exact) mass is 339 g/mol. The summed E-state index contributed by atoms with van der Waals surface area (Å²) in [5.74, 6) is 1.97.